The van der Waals surface area contributed by atoms with Crippen molar-refractivity contribution in [2.45, 2.75) is 6.42 Å². The molecule has 29 heavy (non-hydrogen) atoms. The monoisotopic (exact) mass is 400 g/mol. The van der Waals surface area contributed by atoms with Crippen molar-refractivity contribution in [3.8, 4) is 0 Å². The van der Waals surface area contributed by atoms with E-state index in [9.17, 15) is 4.79 Å². The lowest BCUT2D eigenvalue weighted by atomic mass is 10.2. The summed E-state index contributed by atoms with van der Waals surface area (Å²) in [6.07, 6.45) is 0.848. The molecule has 0 aliphatic carbocycles. The predicted octanol–water partition coefficient (Wildman–Crippen LogP) is 0.666. The quantitative estimate of drug-likeness (QED) is 0.448. The van der Waals surface area contributed by atoms with Crippen molar-refractivity contribution in [1.82, 2.24) is 25.4 Å². The van der Waals surface area contributed by atoms with Gasteiger partial charge in [0.1, 0.15) is 6.54 Å². The molecule has 1 saturated heterocycles. The Morgan fingerprint density at radius 1 is 1.21 bits per heavy atom. The van der Waals surface area contributed by atoms with Crippen molar-refractivity contribution >= 4 is 22.8 Å². The average Bonchev–Trinajstić information content (AvgIpc) is 3.14. The summed E-state index contributed by atoms with van der Waals surface area (Å²) < 4.78 is 5.39. The number of likely N-dealkylation sites (N-methyl/N-ethyl adjacent to an activating group) is 1. The number of morpholine rings is 1. The van der Waals surface area contributed by atoms with Crippen LogP contribution in [0.2, 0.25) is 0 Å². The molecule has 0 spiro atoms. The number of aromatic nitrogens is 1. The molecule has 1 aromatic heterocycles. The Morgan fingerprint density at radius 3 is 2.72 bits per heavy atom. The Morgan fingerprint density at radius 2 is 1.97 bits per heavy atom. The van der Waals surface area contributed by atoms with E-state index in [4.69, 9.17) is 4.74 Å². The van der Waals surface area contributed by atoms with Crippen molar-refractivity contribution in [1.29, 1.82) is 0 Å². The van der Waals surface area contributed by atoms with Crippen LogP contribution in [0.1, 0.15) is 5.69 Å². The van der Waals surface area contributed by atoms with Crippen LogP contribution in [0.15, 0.2) is 35.3 Å². The summed E-state index contributed by atoms with van der Waals surface area (Å²) >= 11 is 0. The van der Waals surface area contributed by atoms with E-state index in [0.29, 0.717) is 5.96 Å². The topological polar surface area (TPSA) is 85.0 Å². The number of nitrogens with zero attached hydrogens (tertiary/aromatic N) is 3. The molecule has 2 aromatic rings. The second kappa shape index (κ2) is 10.8. The molecule has 158 valence electrons. The van der Waals surface area contributed by atoms with Crippen LogP contribution < -0.4 is 10.6 Å². The third-order valence-corrected chi connectivity index (χ3v) is 4.97. The van der Waals surface area contributed by atoms with Gasteiger partial charge in [0, 0.05) is 64.5 Å². The van der Waals surface area contributed by atoms with Crippen LogP contribution >= 0.6 is 0 Å². The molecule has 0 saturated carbocycles. The molecule has 3 N–H and O–H groups in total. The highest BCUT2D eigenvalue weighted by Gasteiger charge is 2.10. The molecule has 1 fully saturated rings. The number of ether oxygens (including phenoxy) is 1. The summed E-state index contributed by atoms with van der Waals surface area (Å²) in [5.74, 6) is 0.652. The lowest BCUT2D eigenvalue weighted by Crippen LogP contribution is -2.45. The van der Waals surface area contributed by atoms with Crippen molar-refractivity contribution in [2.75, 3.05) is 66.6 Å². The first kappa shape index (κ1) is 21.1. The van der Waals surface area contributed by atoms with E-state index in [0.717, 1.165) is 57.9 Å². The van der Waals surface area contributed by atoms with Crippen LogP contribution in [0.4, 0.5) is 0 Å². The fourth-order valence-corrected chi connectivity index (χ4v) is 3.20. The van der Waals surface area contributed by atoms with Gasteiger partial charge in [0.15, 0.2) is 5.96 Å². The number of fused-ring (bicyclic) bond motifs is 1. The first-order valence-electron chi connectivity index (χ1n) is 10.2. The van der Waals surface area contributed by atoms with Gasteiger partial charge in [0.25, 0.3) is 0 Å². The lowest BCUT2D eigenvalue weighted by molar-refractivity contribution is -0.127. The van der Waals surface area contributed by atoms with Crippen molar-refractivity contribution in [3.05, 3.63) is 36.0 Å². The molecule has 1 aromatic carbocycles. The number of carbonyl (C=O) groups is 1. The standard InChI is InChI=1S/C21H32N6O2/c1-26(2)20(28)16-24-21(23-9-10-27-11-13-29-14-12-27)22-8-7-18-15-17-5-3-4-6-19(17)25-18/h3-6,15,25H,7-14,16H2,1-2H3,(H2,22,23,24). The Balaban J connectivity index is 1.50. The third kappa shape index (κ3) is 6.76. The number of hydrogen-bond donors (Lipinski definition) is 3. The van der Waals surface area contributed by atoms with Gasteiger partial charge in [0.2, 0.25) is 5.91 Å². The van der Waals surface area contributed by atoms with Crippen LogP contribution in [0.25, 0.3) is 10.9 Å². The Hall–Kier alpha value is -2.58. The van der Waals surface area contributed by atoms with Crippen molar-refractivity contribution < 1.29 is 9.53 Å². The predicted molar refractivity (Wildman–Crippen MR) is 116 cm³/mol. The van der Waals surface area contributed by atoms with Gasteiger partial charge >= 0.3 is 0 Å². The smallest absolute Gasteiger partial charge is 0.243 e. The molecular weight excluding hydrogens is 368 g/mol. The zero-order valence-electron chi connectivity index (χ0n) is 17.4. The molecule has 1 aliphatic rings. The first-order chi connectivity index (χ1) is 14.1. The highest BCUT2D eigenvalue weighted by Crippen LogP contribution is 2.14. The number of H-pyrrole nitrogens is 1. The van der Waals surface area contributed by atoms with Gasteiger partial charge in [-0.1, -0.05) is 18.2 Å². The van der Waals surface area contributed by atoms with E-state index >= 15 is 0 Å². The van der Waals surface area contributed by atoms with Crippen LogP contribution in [0.5, 0.6) is 0 Å². The van der Waals surface area contributed by atoms with Crippen LogP contribution in [0.3, 0.4) is 0 Å². The normalized spacial score (nSPS) is 15.4. The van der Waals surface area contributed by atoms with E-state index in [1.165, 1.54) is 11.1 Å². The van der Waals surface area contributed by atoms with Crippen molar-refractivity contribution in [3.63, 3.8) is 0 Å². The number of aliphatic imine (C=N–C) groups is 1. The number of para-hydroxylation sites is 1. The fraction of sp³-hybridized carbons (Fsp3) is 0.524. The van der Waals surface area contributed by atoms with Crippen LogP contribution in [-0.4, -0.2) is 93.2 Å². The average molecular weight is 401 g/mol. The molecule has 2 heterocycles. The second-order valence-corrected chi connectivity index (χ2v) is 7.39. The van der Waals surface area contributed by atoms with E-state index in [2.05, 4.69) is 43.7 Å². The number of rotatable bonds is 8. The molecule has 0 unspecified atom stereocenters. The number of hydrogen-bond acceptors (Lipinski definition) is 4. The number of amides is 1. The van der Waals surface area contributed by atoms with Gasteiger partial charge in [-0.3, -0.25) is 9.69 Å². The summed E-state index contributed by atoms with van der Waals surface area (Å²) in [5.41, 5.74) is 2.33. The van der Waals surface area contributed by atoms with Gasteiger partial charge in [0.05, 0.1) is 13.2 Å². The molecule has 3 rings (SSSR count). The van der Waals surface area contributed by atoms with Gasteiger partial charge in [-0.2, -0.15) is 0 Å². The minimum atomic E-state index is -0.0186. The third-order valence-electron chi connectivity index (χ3n) is 4.97. The van der Waals surface area contributed by atoms with Crippen LogP contribution in [-0.2, 0) is 16.0 Å². The molecule has 0 atom stereocenters. The highest BCUT2D eigenvalue weighted by molar-refractivity contribution is 5.84. The molecule has 8 nitrogen and oxygen atoms in total. The zero-order chi connectivity index (χ0) is 20.5. The summed E-state index contributed by atoms with van der Waals surface area (Å²) in [7, 11) is 3.49. The number of guanidine groups is 1. The Kier molecular flexibility index (Phi) is 7.89. The number of carbonyl (C=O) groups excluding carboxylic acids is 1. The SMILES string of the molecule is CN(C)C(=O)CN=C(NCCc1cc2ccccc2[nH]1)NCCN1CCOCC1. The van der Waals surface area contributed by atoms with E-state index in [1.807, 2.05) is 12.1 Å². The number of aromatic amines is 1. The number of benzene rings is 1. The Labute approximate surface area is 172 Å². The summed E-state index contributed by atoms with van der Waals surface area (Å²) in [5, 5.41) is 7.92. The second-order valence-electron chi connectivity index (χ2n) is 7.39. The molecular formula is C21H32N6O2. The molecule has 0 bridgehead atoms. The largest absolute Gasteiger partial charge is 0.379 e. The van der Waals surface area contributed by atoms with E-state index in [-0.39, 0.29) is 12.5 Å². The minimum absolute atomic E-state index is 0.0186. The first-order valence-corrected chi connectivity index (χ1v) is 10.2. The summed E-state index contributed by atoms with van der Waals surface area (Å²) in [6, 6.07) is 10.4. The highest BCUT2D eigenvalue weighted by atomic mass is 16.5. The summed E-state index contributed by atoms with van der Waals surface area (Å²) in [6.45, 7) is 6.06. The van der Waals surface area contributed by atoms with E-state index < -0.39 is 0 Å². The van der Waals surface area contributed by atoms with Crippen LogP contribution in [0, 0.1) is 0 Å². The molecule has 0 radical (unpaired) electrons. The van der Waals surface area contributed by atoms with Gasteiger partial charge in [-0.05, 0) is 17.5 Å². The molecule has 1 amide bonds. The maximum Gasteiger partial charge on any atom is 0.243 e. The maximum atomic E-state index is 11.9. The van der Waals surface area contributed by atoms with E-state index in [1.54, 1.807) is 19.0 Å². The fourth-order valence-electron chi connectivity index (χ4n) is 3.20. The summed E-state index contributed by atoms with van der Waals surface area (Å²) in [4.78, 5) is 23.7. The zero-order valence-corrected chi connectivity index (χ0v) is 17.4. The van der Waals surface area contributed by atoms with Gasteiger partial charge in [-0.15, -0.1) is 0 Å². The number of nitrogens with one attached hydrogen (secondary N) is 3. The van der Waals surface area contributed by atoms with Gasteiger partial charge < -0.3 is 25.3 Å². The molecule has 1 aliphatic heterocycles. The Bertz CT molecular complexity index is 777. The minimum Gasteiger partial charge on any atom is -0.379 e. The van der Waals surface area contributed by atoms with Crippen molar-refractivity contribution in [2.24, 2.45) is 4.99 Å². The molecule has 8 heteroatoms. The maximum absolute atomic E-state index is 11.9. The lowest BCUT2D eigenvalue weighted by Gasteiger charge is -2.26. The van der Waals surface area contributed by atoms with Gasteiger partial charge in [-0.25, -0.2) is 4.99 Å².